The van der Waals surface area contributed by atoms with Crippen molar-refractivity contribution in [2.45, 2.75) is 32.4 Å². The fraction of sp³-hybridized carbons (Fsp3) is 0.292. The molecule has 1 aromatic heterocycles. The maximum atomic E-state index is 13.6. The number of carboxylic acid groups (broad SMARTS) is 1. The molecule has 3 unspecified atom stereocenters. The molecule has 0 aliphatic heterocycles. The highest BCUT2D eigenvalue weighted by molar-refractivity contribution is 6.01. The molecule has 1 heterocycles. The Morgan fingerprint density at radius 3 is 2.38 bits per heavy atom. The number of carboxylic acids is 1. The second-order valence-electron chi connectivity index (χ2n) is 7.82. The Balaban J connectivity index is 1.85. The fourth-order valence-electron chi connectivity index (χ4n) is 3.62. The summed E-state index contributed by atoms with van der Waals surface area (Å²) in [7, 11) is 1.68. The van der Waals surface area contributed by atoms with Crippen LogP contribution in [-0.4, -0.2) is 33.5 Å². The number of nitrogens with one attached hydrogen (secondary N) is 2. The van der Waals surface area contributed by atoms with Crippen molar-refractivity contribution in [2.24, 2.45) is 13.0 Å². The lowest BCUT2D eigenvalue weighted by Gasteiger charge is -2.25. The summed E-state index contributed by atoms with van der Waals surface area (Å²) in [5.74, 6) is -2.96. The zero-order valence-electron chi connectivity index (χ0n) is 18.1. The van der Waals surface area contributed by atoms with E-state index in [-0.39, 0.29) is 11.6 Å². The van der Waals surface area contributed by atoms with Gasteiger partial charge in [-0.2, -0.15) is 0 Å². The summed E-state index contributed by atoms with van der Waals surface area (Å²) in [6.07, 6.45) is 0.585. The molecule has 3 rings (SSSR count). The van der Waals surface area contributed by atoms with E-state index in [0.717, 1.165) is 0 Å². The normalized spacial score (nSPS) is 13.9. The van der Waals surface area contributed by atoms with Crippen LogP contribution in [0.5, 0.6) is 0 Å². The van der Waals surface area contributed by atoms with Crippen LogP contribution in [0.3, 0.4) is 0 Å². The fourth-order valence-corrected chi connectivity index (χ4v) is 3.62. The third kappa shape index (κ3) is 4.80. The largest absolute Gasteiger partial charge is 0.479 e. The smallest absolute Gasteiger partial charge is 0.330 e. The van der Waals surface area contributed by atoms with E-state index in [0.29, 0.717) is 22.9 Å². The predicted molar refractivity (Wildman–Crippen MR) is 119 cm³/mol. The predicted octanol–water partition coefficient (Wildman–Crippen LogP) is 3.40. The maximum absolute atomic E-state index is 13.6. The molecule has 0 saturated heterocycles. The molecule has 0 bridgehead atoms. The molecular formula is C24H26FN3O4. The summed E-state index contributed by atoms with van der Waals surface area (Å²) >= 11 is 0. The minimum Gasteiger partial charge on any atom is -0.479 e. The van der Waals surface area contributed by atoms with E-state index in [2.05, 4.69) is 10.6 Å². The molecule has 7 nitrogen and oxygen atoms in total. The highest BCUT2D eigenvalue weighted by Crippen LogP contribution is 2.21. The Morgan fingerprint density at radius 1 is 1.06 bits per heavy atom. The summed E-state index contributed by atoms with van der Waals surface area (Å²) in [6, 6.07) is 12.0. The van der Waals surface area contributed by atoms with Gasteiger partial charge in [-0.3, -0.25) is 9.59 Å². The van der Waals surface area contributed by atoms with Gasteiger partial charge < -0.3 is 20.3 Å². The molecule has 0 radical (unpaired) electrons. The number of aryl methyl sites for hydroxylation is 1. The van der Waals surface area contributed by atoms with Gasteiger partial charge >= 0.3 is 5.97 Å². The van der Waals surface area contributed by atoms with Crippen molar-refractivity contribution in [3.05, 3.63) is 71.7 Å². The lowest BCUT2D eigenvalue weighted by Crippen LogP contribution is -2.52. The van der Waals surface area contributed by atoms with E-state index in [1.54, 1.807) is 61.0 Å². The van der Waals surface area contributed by atoms with Crippen LogP contribution >= 0.6 is 0 Å². The summed E-state index contributed by atoms with van der Waals surface area (Å²) in [5.41, 5.74) is 1.37. The molecule has 2 amide bonds. The number of hydrogen-bond donors (Lipinski definition) is 3. The monoisotopic (exact) mass is 439 g/mol. The summed E-state index contributed by atoms with van der Waals surface area (Å²) in [4.78, 5) is 37.9. The Labute approximate surface area is 185 Å². The average Bonchev–Trinajstić information content (AvgIpc) is 3.10. The van der Waals surface area contributed by atoms with E-state index in [4.69, 9.17) is 0 Å². The van der Waals surface area contributed by atoms with Crippen molar-refractivity contribution in [1.82, 2.24) is 15.2 Å². The zero-order valence-corrected chi connectivity index (χ0v) is 18.1. The highest BCUT2D eigenvalue weighted by Gasteiger charge is 2.31. The first-order valence-corrected chi connectivity index (χ1v) is 10.4. The molecule has 0 spiro atoms. The van der Waals surface area contributed by atoms with Crippen LogP contribution in [0.15, 0.2) is 54.6 Å². The van der Waals surface area contributed by atoms with E-state index < -0.39 is 35.7 Å². The molecule has 3 N–H and O–H groups in total. The van der Waals surface area contributed by atoms with Crippen molar-refractivity contribution in [3.8, 4) is 0 Å². The van der Waals surface area contributed by atoms with Gasteiger partial charge in [-0.25, -0.2) is 9.18 Å². The minimum atomic E-state index is -1.24. The highest BCUT2D eigenvalue weighted by atomic mass is 19.1. The Kier molecular flexibility index (Phi) is 6.92. The van der Waals surface area contributed by atoms with Crippen molar-refractivity contribution in [2.75, 3.05) is 0 Å². The molecule has 0 saturated carbocycles. The molecule has 168 valence electrons. The van der Waals surface area contributed by atoms with Gasteiger partial charge in [-0.15, -0.1) is 0 Å². The number of carbonyl (C=O) groups excluding carboxylic acids is 2. The van der Waals surface area contributed by atoms with Crippen LogP contribution in [0, 0.1) is 11.7 Å². The van der Waals surface area contributed by atoms with Gasteiger partial charge in [0.05, 0.1) is 0 Å². The average molecular weight is 439 g/mol. The molecule has 0 aliphatic carbocycles. The van der Waals surface area contributed by atoms with Crippen LogP contribution in [-0.2, 0) is 16.6 Å². The van der Waals surface area contributed by atoms with E-state index in [1.807, 2.05) is 6.92 Å². The molecule has 0 fully saturated rings. The van der Waals surface area contributed by atoms with Crippen molar-refractivity contribution < 1.29 is 23.9 Å². The van der Waals surface area contributed by atoms with E-state index in [9.17, 15) is 23.9 Å². The third-order valence-corrected chi connectivity index (χ3v) is 5.69. The van der Waals surface area contributed by atoms with Gasteiger partial charge in [0, 0.05) is 18.0 Å². The first kappa shape index (κ1) is 23.0. The molecule has 32 heavy (non-hydrogen) atoms. The van der Waals surface area contributed by atoms with Gasteiger partial charge in [-0.1, -0.05) is 50.6 Å². The number of nitrogens with zero attached hydrogens (tertiary/aromatic N) is 1. The lowest BCUT2D eigenvalue weighted by atomic mass is 9.97. The molecule has 2 aromatic carbocycles. The number of benzene rings is 2. The summed E-state index contributed by atoms with van der Waals surface area (Å²) < 4.78 is 15.2. The molecular weight excluding hydrogens is 413 g/mol. The number of rotatable bonds is 8. The second-order valence-corrected chi connectivity index (χ2v) is 7.82. The van der Waals surface area contributed by atoms with Crippen LogP contribution in [0.4, 0.5) is 4.39 Å². The quantitative estimate of drug-likeness (QED) is 0.501. The summed E-state index contributed by atoms with van der Waals surface area (Å²) in [6.45, 7) is 3.68. The first-order chi connectivity index (χ1) is 15.2. The number of carbonyl (C=O) groups is 3. The van der Waals surface area contributed by atoms with Crippen LogP contribution in [0.2, 0.25) is 0 Å². The second kappa shape index (κ2) is 9.64. The number of hydrogen-bond acceptors (Lipinski definition) is 3. The van der Waals surface area contributed by atoms with Gasteiger partial charge in [0.25, 0.3) is 5.91 Å². The number of aliphatic carboxylic acids is 1. The number of aromatic nitrogens is 1. The van der Waals surface area contributed by atoms with Crippen molar-refractivity contribution in [3.63, 3.8) is 0 Å². The SMILES string of the molecule is CCC(C)C(NC(=O)c1cc2cc(F)ccc2n1C)C(=O)NC(C(=O)O)c1ccccc1. The van der Waals surface area contributed by atoms with Crippen LogP contribution in [0.1, 0.15) is 42.4 Å². The number of halogens is 1. The van der Waals surface area contributed by atoms with Crippen molar-refractivity contribution in [1.29, 1.82) is 0 Å². The number of amides is 2. The third-order valence-electron chi connectivity index (χ3n) is 5.69. The maximum Gasteiger partial charge on any atom is 0.330 e. The Bertz CT molecular complexity index is 1140. The van der Waals surface area contributed by atoms with Crippen molar-refractivity contribution >= 4 is 28.7 Å². The zero-order chi connectivity index (χ0) is 23.4. The van der Waals surface area contributed by atoms with Gasteiger partial charge in [0.2, 0.25) is 5.91 Å². The van der Waals surface area contributed by atoms with Gasteiger partial charge in [0.1, 0.15) is 17.6 Å². The minimum absolute atomic E-state index is 0.253. The lowest BCUT2D eigenvalue weighted by molar-refractivity contribution is -0.142. The van der Waals surface area contributed by atoms with Crippen LogP contribution in [0.25, 0.3) is 10.9 Å². The topological polar surface area (TPSA) is 100 Å². The van der Waals surface area contributed by atoms with E-state index >= 15 is 0 Å². The molecule has 3 atom stereocenters. The summed E-state index contributed by atoms with van der Waals surface area (Å²) in [5, 5.41) is 15.5. The number of fused-ring (bicyclic) bond motifs is 1. The molecule has 3 aromatic rings. The molecule has 8 heteroatoms. The standard InChI is InChI=1S/C24H26FN3O4/c1-4-14(2)20(23(30)27-21(24(31)32)15-8-6-5-7-9-15)26-22(29)19-13-16-12-17(25)10-11-18(16)28(19)3/h5-14,20-21H,4H2,1-3H3,(H,26,29)(H,27,30)(H,31,32). The molecule has 0 aliphatic rings. The van der Waals surface area contributed by atoms with Crippen LogP contribution < -0.4 is 10.6 Å². The van der Waals surface area contributed by atoms with Gasteiger partial charge in [0.15, 0.2) is 6.04 Å². The van der Waals surface area contributed by atoms with E-state index in [1.165, 1.54) is 12.1 Å². The first-order valence-electron chi connectivity index (χ1n) is 10.4. The van der Waals surface area contributed by atoms with Gasteiger partial charge in [-0.05, 0) is 35.7 Å². The Hall–Kier alpha value is -3.68. The Morgan fingerprint density at radius 2 is 1.75 bits per heavy atom.